The number of carbonyl (C=O) groups is 2. The number of sulfonamides is 1. The largest absolute Gasteiger partial charge is 0.352 e. The number of nitro benzene ring substituents is 1. The molecular weight excluding hydrogens is 660 g/mol. The normalized spacial score (nSPS) is 11.9. The molecule has 234 valence electrons. The molecule has 4 aromatic carbocycles. The van der Waals surface area contributed by atoms with Crippen molar-refractivity contribution in [2.24, 2.45) is 0 Å². The van der Waals surface area contributed by atoms with Crippen molar-refractivity contribution in [3.8, 4) is 0 Å². The highest BCUT2D eigenvalue weighted by Gasteiger charge is 2.35. The molecule has 0 bridgehead atoms. The van der Waals surface area contributed by atoms with Gasteiger partial charge in [0.15, 0.2) is 0 Å². The van der Waals surface area contributed by atoms with E-state index in [2.05, 4.69) is 21.2 Å². The van der Waals surface area contributed by atoms with Gasteiger partial charge in [0, 0.05) is 35.6 Å². The molecule has 2 amide bonds. The van der Waals surface area contributed by atoms with Crippen LogP contribution in [0.3, 0.4) is 0 Å². The number of nitrogens with zero attached hydrogens (tertiary/aromatic N) is 3. The van der Waals surface area contributed by atoms with E-state index in [0.29, 0.717) is 0 Å². The maximum atomic E-state index is 14.4. The van der Waals surface area contributed by atoms with E-state index in [-0.39, 0.29) is 41.2 Å². The fourth-order valence-electron chi connectivity index (χ4n) is 4.76. The number of non-ortho nitro benzene ring substituents is 1. The SMILES string of the molecule is CC(C)NC(=O)[C@H](Cc1ccccc1)N(Cc1cccc(Br)c1)C(=O)CN(c1ccc([N+](=O)[O-])cc1)S(=O)(=O)c1ccccc1. The molecule has 0 fully saturated rings. The molecule has 4 aromatic rings. The molecule has 0 saturated heterocycles. The molecule has 0 heterocycles. The first kappa shape index (κ1) is 33.3. The summed E-state index contributed by atoms with van der Waals surface area (Å²) in [7, 11) is -4.31. The topological polar surface area (TPSA) is 130 Å². The predicted octanol–water partition coefficient (Wildman–Crippen LogP) is 5.72. The van der Waals surface area contributed by atoms with Crippen LogP contribution < -0.4 is 9.62 Å². The number of hydrogen-bond acceptors (Lipinski definition) is 6. The van der Waals surface area contributed by atoms with Gasteiger partial charge < -0.3 is 10.2 Å². The molecule has 0 aromatic heterocycles. The van der Waals surface area contributed by atoms with Crippen molar-refractivity contribution in [3.05, 3.63) is 135 Å². The van der Waals surface area contributed by atoms with Gasteiger partial charge in [0.05, 0.1) is 15.5 Å². The Bertz CT molecular complexity index is 1740. The fraction of sp³-hybridized carbons (Fsp3) is 0.212. The van der Waals surface area contributed by atoms with Crippen LogP contribution >= 0.6 is 15.9 Å². The van der Waals surface area contributed by atoms with Gasteiger partial charge in [-0.1, -0.05) is 76.6 Å². The summed E-state index contributed by atoms with van der Waals surface area (Å²) in [5.41, 5.74) is 1.37. The van der Waals surface area contributed by atoms with Crippen LogP contribution in [0.5, 0.6) is 0 Å². The molecule has 1 N–H and O–H groups in total. The zero-order valence-corrected chi connectivity index (χ0v) is 27.1. The second kappa shape index (κ2) is 15.0. The van der Waals surface area contributed by atoms with Crippen molar-refractivity contribution in [1.82, 2.24) is 10.2 Å². The summed E-state index contributed by atoms with van der Waals surface area (Å²) in [4.78, 5) is 40.2. The smallest absolute Gasteiger partial charge is 0.269 e. The lowest BCUT2D eigenvalue weighted by molar-refractivity contribution is -0.384. The van der Waals surface area contributed by atoms with Crippen LogP contribution in [0, 0.1) is 10.1 Å². The molecule has 0 unspecified atom stereocenters. The Balaban J connectivity index is 1.81. The third kappa shape index (κ3) is 8.77. The quantitative estimate of drug-likeness (QED) is 0.141. The van der Waals surface area contributed by atoms with Gasteiger partial charge in [0.1, 0.15) is 12.6 Å². The molecular formula is C33H33BrN4O6S. The van der Waals surface area contributed by atoms with Crippen molar-refractivity contribution < 1.29 is 22.9 Å². The van der Waals surface area contributed by atoms with E-state index < -0.39 is 33.4 Å². The van der Waals surface area contributed by atoms with Gasteiger partial charge >= 0.3 is 0 Å². The van der Waals surface area contributed by atoms with Crippen molar-refractivity contribution in [2.45, 2.75) is 43.8 Å². The summed E-state index contributed by atoms with van der Waals surface area (Å²) in [6.07, 6.45) is 0.183. The van der Waals surface area contributed by atoms with E-state index in [9.17, 15) is 28.1 Å². The summed E-state index contributed by atoms with van der Waals surface area (Å²) < 4.78 is 29.7. The second-order valence-corrected chi connectivity index (χ2v) is 13.4. The van der Waals surface area contributed by atoms with Crippen LogP contribution in [0.25, 0.3) is 0 Å². The maximum absolute atomic E-state index is 14.4. The summed E-state index contributed by atoms with van der Waals surface area (Å²) in [5.74, 6) is -1.02. The highest BCUT2D eigenvalue weighted by Crippen LogP contribution is 2.27. The van der Waals surface area contributed by atoms with Gasteiger partial charge in [-0.2, -0.15) is 0 Å². The first-order chi connectivity index (χ1) is 21.5. The van der Waals surface area contributed by atoms with Crippen LogP contribution in [0.2, 0.25) is 0 Å². The third-order valence-electron chi connectivity index (χ3n) is 6.90. The van der Waals surface area contributed by atoms with Gasteiger partial charge in [-0.15, -0.1) is 0 Å². The Morgan fingerprint density at radius 3 is 2.04 bits per heavy atom. The molecule has 0 radical (unpaired) electrons. The number of nitrogens with one attached hydrogen (secondary N) is 1. The number of amides is 2. The van der Waals surface area contributed by atoms with Crippen molar-refractivity contribution in [3.63, 3.8) is 0 Å². The van der Waals surface area contributed by atoms with Gasteiger partial charge in [-0.25, -0.2) is 8.42 Å². The zero-order chi connectivity index (χ0) is 32.6. The Kier molecular flexibility index (Phi) is 11.1. The Morgan fingerprint density at radius 1 is 0.867 bits per heavy atom. The number of benzene rings is 4. The van der Waals surface area contributed by atoms with Crippen LogP contribution in [0.1, 0.15) is 25.0 Å². The first-order valence-electron chi connectivity index (χ1n) is 14.2. The van der Waals surface area contributed by atoms with Crippen molar-refractivity contribution in [1.29, 1.82) is 0 Å². The monoisotopic (exact) mass is 692 g/mol. The summed E-state index contributed by atoms with van der Waals surface area (Å²) in [6.45, 7) is 2.99. The Hall–Kier alpha value is -4.55. The second-order valence-electron chi connectivity index (χ2n) is 10.6. The van der Waals surface area contributed by atoms with E-state index >= 15 is 0 Å². The Labute approximate surface area is 271 Å². The van der Waals surface area contributed by atoms with Crippen LogP contribution in [-0.4, -0.2) is 48.7 Å². The average Bonchev–Trinajstić information content (AvgIpc) is 3.02. The fourth-order valence-corrected chi connectivity index (χ4v) is 6.64. The predicted molar refractivity (Wildman–Crippen MR) is 176 cm³/mol. The zero-order valence-electron chi connectivity index (χ0n) is 24.7. The van der Waals surface area contributed by atoms with E-state index in [1.807, 2.05) is 68.4 Å². The molecule has 0 saturated carbocycles. The van der Waals surface area contributed by atoms with Gasteiger partial charge in [0.25, 0.3) is 15.7 Å². The molecule has 0 aliphatic rings. The number of hydrogen-bond donors (Lipinski definition) is 1. The standard InChI is InChI=1S/C33H33BrN4O6S/c1-24(2)35-33(40)31(21-25-10-5-3-6-11-25)36(22-26-12-9-13-27(34)20-26)32(39)23-37(28-16-18-29(19-17-28)38(41)42)45(43,44)30-14-7-4-8-15-30/h3-20,24,31H,21-23H2,1-2H3,(H,35,40)/t31-/m0/s1. The summed E-state index contributed by atoms with van der Waals surface area (Å²) >= 11 is 3.46. The molecule has 1 atom stereocenters. The number of anilines is 1. The van der Waals surface area contributed by atoms with Crippen LogP contribution in [-0.2, 0) is 32.6 Å². The van der Waals surface area contributed by atoms with E-state index in [1.54, 1.807) is 18.2 Å². The highest BCUT2D eigenvalue weighted by atomic mass is 79.9. The van der Waals surface area contributed by atoms with Crippen LogP contribution in [0.4, 0.5) is 11.4 Å². The summed E-state index contributed by atoms with van der Waals surface area (Å²) in [5, 5.41) is 14.2. The van der Waals surface area contributed by atoms with E-state index in [4.69, 9.17) is 0 Å². The summed E-state index contributed by atoms with van der Waals surface area (Å²) in [6, 6.07) is 27.9. The lowest BCUT2D eigenvalue weighted by atomic mass is 10.0. The molecule has 0 aliphatic carbocycles. The molecule has 0 spiro atoms. The van der Waals surface area contributed by atoms with Crippen molar-refractivity contribution >= 4 is 49.1 Å². The minimum absolute atomic E-state index is 0.0147. The number of rotatable bonds is 13. The van der Waals surface area contributed by atoms with Crippen LogP contribution in [0.15, 0.2) is 119 Å². The highest BCUT2D eigenvalue weighted by molar-refractivity contribution is 9.10. The van der Waals surface area contributed by atoms with Gasteiger partial charge in [-0.05, 0) is 61.4 Å². The van der Waals surface area contributed by atoms with Crippen molar-refractivity contribution in [2.75, 3.05) is 10.8 Å². The molecule has 45 heavy (non-hydrogen) atoms. The minimum atomic E-state index is -4.31. The first-order valence-corrected chi connectivity index (χ1v) is 16.4. The molecule has 10 nitrogen and oxygen atoms in total. The molecule has 0 aliphatic heterocycles. The van der Waals surface area contributed by atoms with E-state index in [1.165, 1.54) is 41.3 Å². The lowest BCUT2D eigenvalue weighted by Gasteiger charge is -2.34. The Morgan fingerprint density at radius 2 is 1.47 bits per heavy atom. The van der Waals surface area contributed by atoms with E-state index in [0.717, 1.165) is 19.9 Å². The van der Waals surface area contributed by atoms with Gasteiger partial charge in [-0.3, -0.25) is 24.0 Å². The number of nitro groups is 1. The van der Waals surface area contributed by atoms with Gasteiger partial charge in [0.2, 0.25) is 11.8 Å². The average molecular weight is 694 g/mol. The number of halogens is 1. The lowest BCUT2D eigenvalue weighted by Crippen LogP contribution is -2.54. The minimum Gasteiger partial charge on any atom is -0.352 e. The molecule has 12 heteroatoms. The third-order valence-corrected chi connectivity index (χ3v) is 9.18. The number of carbonyl (C=O) groups excluding carboxylic acids is 2. The molecule has 4 rings (SSSR count). The maximum Gasteiger partial charge on any atom is 0.269 e.